The maximum absolute atomic E-state index is 13.6. The molecule has 1 atom stereocenters. The maximum atomic E-state index is 13.6. The van der Waals surface area contributed by atoms with Crippen molar-refractivity contribution in [2.75, 3.05) is 31.6 Å². The topological polar surface area (TPSA) is 59.4 Å². The lowest BCUT2D eigenvalue weighted by Gasteiger charge is -2.35. The van der Waals surface area contributed by atoms with E-state index in [1.165, 1.54) is 0 Å². The van der Waals surface area contributed by atoms with Crippen LogP contribution in [0.5, 0.6) is 0 Å². The molecule has 3 heterocycles. The minimum Gasteiger partial charge on any atom is -0.378 e. The van der Waals surface area contributed by atoms with Crippen molar-refractivity contribution in [2.24, 2.45) is 0 Å². The Morgan fingerprint density at radius 2 is 1.86 bits per heavy atom. The van der Waals surface area contributed by atoms with Crippen LogP contribution >= 0.6 is 11.6 Å². The van der Waals surface area contributed by atoms with Gasteiger partial charge in [0, 0.05) is 23.8 Å². The molecule has 2 aromatic carbocycles. The Balaban J connectivity index is 1.72. The Bertz CT molecular complexity index is 1130. The number of carbonyl (C=O) groups is 1. The van der Waals surface area contributed by atoms with Crippen LogP contribution in [-0.4, -0.2) is 46.7 Å². The van der Waals surface area contributed by atoms with Gasteiger partial charge in [0.15, 0.2) is 0 Å². The third kappa shape index (κ3) is 2.99. The molecule has 2 aliphatic heterocycles. The molecular weight excluding hydrogens is 388 g/mol. The summed E-state index contributed by atoms with van der Waals surface area (Å²) in [4.78, 5) is 20.2. The molecule has 0 bridgehead atoms. The van der Waals surface area contributed by atoms with Crippen molar-refractivity contribution >= 4 is 34.5 Å². The second-order valence-corrected chi connectivity index (χ2v) is 7.69. The summed E-state index contributed by atoms with van der Waals surface area (Å²) >= 11 is 6.62. The highest BCUT2D eigenvalue weighted by Crippen LogP contribution is 2.41. The summed E-state index contributed by atoms with van der Waals surface area (Å²) in [5.41, 5.74) is 4.21. The fourth-order valence-corrected chi connectivity index (χ4v) is 4.41. The molecule has 0 unspecified atom stereocenters. The molecule has 29 heavy (non-hydrogen) atoms. The lowest BCUT2D eigenvalue weighted by Crippen LogP contribution is -2.44. The Morgan fingerprint density at radius 3 is 2.66 bits per heavy atom. The van der Waals surface area contributed by atoms with Gasteiger partial charge in [-0.1, -0.05) is 41.9 Å². The highest BCUT2D eigenvalue weighted by Gasteiger charge is 2.37. The molecule has 148 valence electrons. The van der Waals surface area contributed by atoms with Crippen molar-refractivity contribution in [3.8, 4) is 0 Å². The average molecular weight is 409 g/mol. The molecule has 1 saturated heterocycles. The number of fused-ring (bicyclic) bond motifs is 3. The molecule has 7 heteroatoms. The van der Waals surface area contributed by atoms with Gasteiger partial charge in [0.05, 0.1) is 35.9 Å². The van der Waals surface area contributed by atoms with Crippen LogP contribution in [-0.2, 0) is 9.53 Å². The van der Waals surface area contributed by atoms with E-state index in [1.54, 1.807) is 0 Å². The van der Waals surface area contributed by atoms with Gasteiger partial charge in [0.2, 0.25) is 5.95 Å². The Kier molecular flexibility index (Phi) is 4.53. The van der Waals surface area contributed by atoms with Crippen molar-refractivity contribution in [1.29, 1.82) is 0 Å². The van der Waals surface area contributed by atoms with E-state index in [2.05, 4.69) is 9.88 Å². The number of ether oxygens (including phenoxy) is 1. The SMILES string of the molecule is CC1=C(C(=O)N2CCOCC2)[C@@H](c2ccccc2Cl)n2c(nc3ccccc32)N1. The van der Waals surface area contributed by atoms with Gasteiger partial charge in [-0.3, -0.25) is 9.36 Å². The van der Waals surface area contributed by atoms with E-state index in [1.807, 2.05) is 60.4 Å². The zero-order valence-electron chi connectivity index (χ0n) is 16.1. The number of benzene rings is 2. The van der Waals surface area contributed by atoms with Gasteiger partial charge in [-0.25, -0.2) is 4.98 Å². The van der Waals surface area contributed by atoms with Crippen LogP contribution in [0.3, 0.4) is 0 Å². The largest absolute Gasteiger partial charge is 0.378 e. The molecule has 0 aliphatic carbocycles. The number of nitrogens with zero attached hydrogens (tertiary/aromatic N) is 3. The number of morpholine rings is 1. The van der Waals surface area contributed by atoms with Crippen LogP contribution in [0.4, 0.5) is 5.95 Å². The van der Waals surface area contributed by atoms with Crippen LogP contribution in [0, 0.1) is 0 Å². The first-order chi connectivity index (χ1) is 14.1. The number of nitrogens with one attached hydrogen (secondary N) is 1. The fraction of sp³-hybridized carbons (Fsp3) is 0.273. The molecule has 0 saturated carbocycles. The second-order valence-electron chi connectivity index (χ2n) is 7.29. The van der Waals surface area contributed by atoms with Gasteiger partial charge in [-0.15, -0.1) is 0 Å². The third-order valence-electron chi connectivity index (χ3n) is 5.56. The van der Waals surface area contributed by atoms with E-state index in [4.69, 9.17) is 21.3 Å². The van der Waals surface area contributed by atoms with Crippen LogP contribution in [0.2, 0.25) is 5.02 Å². The second kappa shape index (κ2) is 7.21. The molecule has 1 N–H and O–H groups in total. The fourth-order valence-electron chi connectivity index (χ4n) is 4.17. The Labute approximate surface area is 173 Å². The average Bonchev–Trinajstić information content (AvgIpc) is 3.11. The van der Waals surface area contributed by atoms with Crippen LogP contribution in [0.1, 0.15) is 18.5 Å². The van der Waals surface area contributed by atoms with E-state index in [-0.39, 0.29) is 11.9 Å². The highest BCUT2D eigenvalue weighted by atomic mass is 35.5. The zero-order valence-corrected chi connectivity index (χ0v) is 16.8. The summed E-state index contributed by atoms with van der Waals surface area (Å²) in [6, 6.07) is 15.3. The summed E-state index contributed by atoms with van der Waals surface area (Å²) in [5.74, 6) is 0.721. The molecule has 5 rings (SSSR count). The van der Waals surface area contributed by atoms with Crippen LogP contribution < -0.4 is 5.32 Å². The maximum Gasteiger partial charge on any atom is 0.254 e. The lowest BCUT2D eigenvalue weighted by molar-refractivity contribution is -0.131. The molecule has 1 aromatic heterocycles. The van der Waals surface area contributed by atoms with E-state index in [9.17, 15) is 4.79 Å². The highest BCUT2D eigenvalue weighted by molar-refractivity contribution is 6.31. The molecule has 1 fully saturated rings. The minimum absolute atomic E-state index is 0.00616. The molecule has 3 aromatic rings. The standard InChI is InChI=1S/C22H21ClN4O2/c1-14-19(21(28)26-10-12-29-13-11-26)20(15-6-2-3-7-16(15)23)27-18-9-5-4-8-17(18)25-22(27)24-14/h2-9,20H,10-13H2,1H3,(H,24,25)/t20-/m1/s1. The molecular formula is C22H21ClN4O2. The third-order valence-corrected chi connectivity index (χ3v) is 5.90. The molecule has 0 radical (unpaired) electrons. The molecule has 2 aliphatic rings. The number of imidazole rings is 1. The Morgan fingerprint density at radius 1 is 1.14 bits per heavy atom. The summed E-state index contributed by atoms with van der Waals surface area (Å²) < 4.78 is 7.51. The minimum atomic E-state index is -0.359. The number of aromatic nitrogens is 2. The first kappa shape index (κ1) is 18.2. The number of allylic oxidation sites excluding steroid dienone is 1. The van der Waals surface area contributed by atoms with Gasteiger partial charge >= 0.3 is 0 Å². The number of hydrogen-bond donors (Lipinski definition) is 1. The van der Waals surface area contributed by atoms with E-state index < -0.39 is 0 Å². The lowest BCUT2D eigenvalue weighted by atomic mass is 9.93. The monoisotopic (exact) mass is 408 g/mol. The number of amides is 1. The number of carbonyl (C=O) groups excluding carboxylic acids is 1. The number of para-hydroxylation sites is 2. The number of anilines is 1. The predicted octanol–water partition coefficient (Wildman–Crippen LogP) is 3.84. The van der Waals surface area contributed by atoms with Crippen molar-refractivity contribution in [2.45, 2.75) is 13.0 Å². The van der Waals surface area contributed by atoms with Crippen molar-refractivity contribution < 1.29 is 9.53 Å². The first-order valence-corrected chi connectivity index (χ1v) is 10.1. The number of hydrogen-bond acceptors (Lipinski definition) is 4. The first-order valence-electron chi connectivity index (χ1n) is 9.71. The van der Waals surface area contributed by atoms with E-state index >= 15 is 0 Å². The van der Waals surface area contributed by atoms with E-state index in [0.717, 1.165) is 22.3 Å². The van der Waals surface area contributed by atoms with Crippen LogP contribution in [0.25, 0.3) is 11.0 Å². The van der Waals surface area contributed by atoms with Crippen molar-refractivity contribution in [3.05, 3.63) is 70.4 Å². The molecule has 0 spiro atoms. The van der Waals surface area contributed by atoms with Gasteiger partial charge in [0.1, 0.15) is 0 Å². The summed E-state index contributed by atoms with van der Waals surface area (Å²) in [7, 11) is 0. The predicted molar refractivity (Wildman–Crippen MR) is 113 cm³/mol. The smallest absolute Gasteiger partial charge is 0.254 e. The van der Waals surface area contributed by atoms with Gasteiger partial charge in [-0.2, -0.15) is 0 Å². The Hall–Kier alpha value is -2.83. The van der Waals surface area contributed by atoms with Crippen molar-refractivity contribution in [1.82, 2.24) is 14.5 Å². The van der Waals surface area contributed by atoms with Crippen molar-refractivity contribution in [3.63, 3.8) is 0 Å². The molecule has 6 nitrogen and oxygen atoms in total. The quantitative estimate of drug-likeness (QED) is 0.700. The van der Waals surface area contributed by atoms with Gasteiger partial charge < -0.3 is 15.0 Å². The van der Waals surface area contributed by atoms with Gasteiger partial charge in [-0.05, 0) is 30.7 Å². The summed E-state index contributed by atoms with van der Waals surface area (Å²) in [5, 5.41) is 3.98. The summed E-state index contributed by atoms with van der Waals surface area (Å²) in [6.07, 6.45) is 0. The van der Waals surface area contributed by atoms with E-state index in [0.29, 0.717) is 42.8 Å². The zero-order chi connectivity index (χ0) is 20.0. The molecule has 1 amide bonds. The summed E-state index contributed by atoms with van der Waals surface area (Å²) in [6.45, 7) is 4.22. The van der Waals surface area contributed by atoms with Gasteiger partial charge in [0.25, 0.3) is 5.91 Å². The number of rotatable bonds is 2. The normalized spacial score (nSPS) is 19.2. The van der Waals surface area contributed by atoms with Crippen LogP contribution in [0.15, 0.2) is 59.8 Å². The number of halogens is 1.